The molecule has 0 atom stereocenters. The zero-order valence-electron chi connectivity index (χ0n) is 8.85. The molecule has 1 amide bonds. The first-order chi connectivity index (χ1) is 7.41. The van der Waals surface area contributed by atoms with Crippen LogP contribution in [-0.4, -0.2) is 18.0 Å². The lowest BCUT2D eigenvalue weighted by Crippen LogP contribution is -2.37. The van der Waals surface area contributed by atoms with E-state index in [0.29, 0.717) is 0 Å². The molecule has 0 aliphatic carbocycles. The largest absolute Gasteiger partial charge is 0.281 e. The molecule has 88 valence electrons. The van der Waals surface area contributed by atoms with Crippen LogP contribution in [0, 0.1) is 17.5 Å². The highest BCUT2D eigenvalue weighted by molar-refractivity contribution is 5.72. The number of carbonyl (C=O) groups is 1. The van der Waals surface area contributed by atoms with E-state index < -0.39 is 17.5 Å². The van der Waals surface area contributed by atoms with Crippen LogP contribution in [0.25, 0.3) is 0 Å². The van der Waals surface area contributed by atoms with Crippen molar-refractivity contribution in [2.75, 3.05) is 7.05 Å². The fourth-order valence-electron chi connectivity index (χ4n) is 1.03. The summed E-state index contributed by atoms with van der Waals surface area (Å²) in [5, 5.41) is 1.17. The first-order valence-corrected chi connectivity index (χ1v) is 4.53. The van der Waals surface area contributed by atoms with Gasteiger partial charge in [0.25, 0.3) is 0 Å². The van der Waals surface area contributed by atoms with Crippen LogP contribution in [0.15, 0.2) is 12.1 Å². The SMILES string of the molecule is CC(=O)N(C)NCc1cc(F)c(F)c(F)c1. The molecule has 3 nitrogen and oxygen atoms in total. The van der Waals surface area contributed by atoms with Crippen LogP contribution in [0.1, 0.15) is 12.5 Å². The number of rotatable bonds is 3. The summed E-state index contributed by atoms with van der Waals surface area (Å²) in [5.41, 5.74) is 2.81. The number of halogens is 3. The fourth-order valence-corrected chi connectivity index (χ4v) is 1.03. The molecule has 0 heterocycles. The van der Waals surface area contributed by atoms with E-state index in [1.54, 1.807) is 0 Å². The van der Waals surface area contributed by atoms with E-state index in [2.05, 4.69) is 5.43 Å². The Morgan fingerprint density at radius 1 is 1.31 bits per heavy atom. The first-order valence-electron chi connectivity index (χ1n) is 4.53. The molecule has 0 saturated heterocycles. The van der Waals surface area contributed by atoms with E-state index in [0.717, 1.165) is 12.1 Å². The van der Waals surface area contributed by atoms with Gasteiger partial charge in [0.05, 0.1) is 0 Å². The summed E-state index contributed by atoms with van der Waals surface area (Å²) in [4.78, 5) is 10.8. The number of hydrogen-bond acceptors (Lipinski definition) is 2. The zero-order chi connectivity index (χ0) is 12.3. The van der Waals surface area contributed by atoms with Crippen molar-refractivity contribution in [1.29, 1.82) is 0 Å². The van der Waals surface area contributed by atoms with Crippen LogP contribution in [0.3, 0.4) is 0 Å². The second-order valence-corrected chi connectivity index (χ2v) is 3.29. The molecule has 0 unspecified atom stereocenters. The predicted octanol–water partition coefficient (Wildman–Crippen LogP) is 1.59. The molecule has 1 aromatic rings. The highest BCUT2D eigenvalue weighted by atomic mass is 19.2. The molecular weight excluding hydrogens is 221 g/mol. The maximum atomic E-state index is 12.8. The molecule has 6 heteroatoms. The Hall–Kier alpha value is -1.56. The maximum absolute atomic E-state index is 12.8. The third-order valence-electron chi connectivity index (χ3n) is 2.04. The molecule has 1 aromatic carbocycles. The summed E-state index contributed by atoms with van der Waals surface area (Å²) in [6.45, 7) is 1.36. The summed E-state index contributed by atoms with van der Waals surface area (Å²) in [7, 11) is 1.47. The molecular formula is C10H11F3N2O. The van der Waals surface area contributed by atoms with Gasteiger partial charge in [-0.05, 0) is 17.7 Å². The van der Waals surface area contributed by atoms with Gasteiger partial charge in [-0.2, -0.15) is 0 Å². The van der Waals surface area contributed by atoms with Gasteiger partial charge in [0, 0.05) is 20.5 Å². The van der Waals surface area contributed by atoms with Crippen LogP contribution >= 0.6 is 0 Å². The standard InChI is InChI=1S/C10H11F3N2O/c1-6(16)15(2)14-5-7-3-8(11)10(13)9(12)4-7/h3-4,14H,5H2,1-2H3. The van der Waals surface area contributed by atoms with Gasteiger partial charge in [0.2, 0.25) is 5.91 Å². The lowest BCUT2D eigenvalue weighted by molar-refractivity contribution is -0.130. The lowest BCUT2D eigenvalue weighted by atomic mass is 10.2. The molecule has 0 aromatic heterocycles. The topological polar surface area (TPSA) is 32.3 Å². The number of benzene rings is 1. The number of hydrogen-bond donors (Lipinski definition) is 1. The molecule has 0 aliphatic heterocycles. The van der Waals surface area contributed by atoms with Crippen LogP contribution < -0.4 is 5.43 Å². The van der Waals surface area contributed by atoms with Gasteiger partial charge in [0.15, 0.2) is 17.5 Å². The van der Waals surface area contributed by atoms with E-state index in [9.17, 15) is 18.0 Å². The number of carbonyl (C=O) groups excluding carboxylic acids is 1. The van der Waals surface area contributed by atoms with E-state index >= 15 is 0 Å². The van der Waals surface area contributed by atoms with Crippen LogP contribution in [-0.2, 0) is 11.3 Å². The summed E-state index contributed by atoms with van der Waals surface area (Å²) in [6, 6.07) is 1.75. The van der Waals surface area contributed by atoms with Crippen molar-refractivity contribution < 1.29 is 18.0 Å². The molecule has 0 spiro atoms. The summed E-state index contributed by atoms with van der Waals surface area (Å²) in [5.74, 6) is -4.24. The Labute approximate surface area is 90.8 Å². The predicted molar refractivity (Wildman–Crippen MR) is 51.6 cm³/mol. The van der Waals surface area contributed by atoms with Gasteiger partial charge >= 0.3 is 0 Å². The second kappa shape index (κ2) is 4.98. The normalized spacial score (nSPS) is 10.3. The highest BCUT2D eigenvalue weighted by Gasteiger charge is 2.10. The van der Waals surface area contributed by atoms with Crippen LogP contribution in [0.5, 0.6) is 0 Å². The Balaban J connectivity index is 2.72. The molecule has 16 heavy (non-hydrogen) atoms. The van der Waals surface area contributed by atoms with Gasteiger partial charge in [-0.25, -0.2) is 18.6 Å². The lowest BCUT2D eigenvalue weighted by Gasteiger charge is -2.16. The van der Waals surface area contributed by atoms with Gasteiger partial charge < -0.3 is 0 Å². The summed E-state index contributed by atoms with van der Waals surface area (Å²) >= 11 is 0. The quantitative estimate of drug-likeness (QED) is 0.634. The fraction of sp³-hybridized carbons (Fsp3) is 0.300. The average molecular weight is 232 g/mol. The third kappa shape index (κ3) is 2.96. The van der Waals surface area contributed by atoms with Crippen molar-refractivity contribution in [1.82, 2.24) is 10.4 Å². The Morgan fingerprint density at radius 2 is 1.81 bits per heavy atom. The second-order valence-electron chi connectivity index (χ2n) is 3.29. The molecule has 1 rings (SSSR count). The number of nitrogens with one attached hydrogen (secondary N) is 1. The number of amides is 1. The molecule has 0 bridgehead atoms. The van der Waals surface area contributed by atoms with Crippen molar-refractivity contribution in [2.24, 2.45) is 0 Å². The van der Waals surface area contributed by atoms with Gasteiger partial charge in [0.1, 0.15) is 0 Å². The minimum Gasteiger partial charge on any atom is -0.281 e. The van der Waals surface area contributed by atoms with Crippen molar-refractivity contribution >= 4 is 5.91 Å². The molecule has 0 fully saturated rings. The Morgan fingerprint density at radius 3 is 2.25 bits per heavy atom. The number of nitrogens with zero attached hydrogens (tertiary/aromatic N) is 1. The molecule has 0 aliphatic rings. The van der Waals surface area contributed by atoms with Crippen LogP contribution in [0.2, 0.25) is 0 Å². The number of hydrazine groups is 1. The minimum atomic E-state index is -1.50. The van der Waals surface area contributed by atoms with E-state index in [1.165, 1.54) is 19.0 Å². The summed E-state index contributed by atoms with van der Waals surface area (Å²) < 4.78 is 38.2. The smallest absolute Gasteiger partial charge is 0.233 e. The zero-order valence-corrected chi connectivity index (χ0v) is 8.85. The van der Waals surface area contributed by atoms with Gasteiger partial charge in [-0.3, -0.25) is 9.80 Å². The Kier molecular flexibility index (Phi) is 3.89. The van der Waals surface area contributed by atoms with Crippen molar-refractivity contribution in [2.45, 2.75) is 13.5 Å². The average Bonchev–Trinajstić information content (AvgIpc) is 2.22. The van der Waals surface area contributed by atoms with Gasteiger partial charge in [-0.1, -0.05) is 0 Å². The Bertz CT molecular complexity index is 386. The van der Waals surface area contributed by atoms with Crippen LogP contribution in [0.4, 0.5) is 13.2 Å². The third-order valence-corrected chi connectivity index (χ3v) is 2.04. The van der Waals surface area contributed by atoms with Gasteiger partial charge in [-0.15, -0.1) is 0 Å². The van der Waals surface area contributed by atoms with E-state index in [1.807, 2.05) is 0 Å². The first kappa shape index (κ1) is 12.5. The highest BCUT2D eigenvalue weighted by Crippen LogP contribution is 2.13. The van der Waals surface area contributed by atoms with Crippen molar-refractivity contribution in [3.05, 3.63) is 35.1 Å². The summed E-state index contributed by atoms with van der Waals surface area (Å²) in [6.07, 6.45) is 0. The monoisotopic (exact) mass is 232 g/mol. The van der Waals surface area contributed by atoms with Crippen molar-refractivity contribution in [3.8, 4) is 0 Å². The van der Waals surface area contributed by atoms with E-state index in [4.69, 9.17) is 0 Å². The van der Waals surface area contributed by atoms with Crippen molar-refractivity contribution in [3.63, 3.8) is 0 Å². The minimum absolute atomic E-state index is 0.0319. The van der Waals surface area contributed by atoms with E-state index in [-0.39, 0.29) is 18.0 Å². The molecule has 0 saturated carbocycles. The molecule has 0 radical (unpaired) electrons. The molecule has 1 N–H and O–H groups in total. The maximum Gasteiger partial charge on any atom is 0.233 e.